The van der Waals surface area contributed by atoms with Crippen LogP contribution in [0.4, 0.5) is 0 Å². The largest absolute Gasteiger partial charge is 0.347 e. The van der Waals surface area contributed by atoms with E-state index in [2.05, 4.69) is 27.0 Å². The topological polar surface area (TPSA) is 72.9 Å². The Balaban J connectivity index is 1.91. The number of hydrogen-bond donors (Lipinski definition) is 2. The molecular formula is C16H22N4O. The van der Waals surface area contributed by atoms with E-state index in [0.29, 0.717) is 6.54 Å². The molecule has 1 amide bonds. The fourth-order valence-electron chi connectivity index (χ4n) is 1.99. The molecule has 5 heteroatoms. The molecule has 0 aliphatic heterocycles. The second-order valence-electron chi connectivity index (χ2n) is 5.68. The van der Waals surface area contributed by atoms with Crippen LogP contribution in [0.15, 0.2) is 42.7 Å². The van der Waals surface area contributed by atoms with Crippen molar-refractivity contribution >= 4 is 5.91 Å². The molecule has 2 rings (SSSR count). The lowest BCUT2D eigenvalue weighted by molar-refractivity contribution is -0.125. The van der Waals surface area contributed by atoms with Crippen molar-refractivity contribution in [2.75, 3.05) is 0 Å². The minimum Gasteiger partial charge on any atom is -0.347 e. The van der Waals surface area contributed by atoms with Gasteiger partial charge in [-0.3, -0.25) is 4.79 Å². The Hall–Kier alpha value is -2.14. The van der Waals surface area contributed by atoms with Crippen molar-refractivity contribution < 1.29 is 4.79 Å². The van der Waals surface area contributed by atoms with E-state index >= 15 is 0 Å². The number of carbonyl (C=O) groups excluding carboxylic acids is 1. The molecule has 0 saturated carbocycles. The Morgan fingerprint density at radius 1 is 1.33 bits per heavy atom. The van der Waals surface area contributed by atoms with Crippen molar-refractivity contribution in [1.29, 1.82) is 0 Å². The summed E-state index contributed by atoms with van der Waals surface area (Å²) in [5, 5.41) is 2.82. The van der Waals surface area contributed by atoms with Gasteiger partial charge < -0.3 is 15.6 Å². The molecule has 0 atom stereocenters. The van der Waals surface area contributed by atoms with Crippen LogP contribution in [0.1, 0.15) is 25.2 Å². The van der Waals surface area contributed by atoms with Crippen molar-refractivity contribution in [3.05, 3.63) is 54.1 Å². The molecule has 0 spiro atoms. The first kappa shape index (κ1) is 15.3. The van der Waals surface area contributed by atoms with E-state index in [1.807, 2.05) is 24.4 Å². The zero-order valence-corrected chi connectivity index (χ0v) is 12.5. The van der Waals surface area contributed by atoms with Crippen LogP contribution in [0, 0.1) is 0 Å². The average molecular weight is 286 g/mol. The highest BCUT2D eigenvalue weighted by Gasteiger charge is 2.21. The van der Waals surface area contributed by atoms with E-state index < -0.39 is 5.54 Å². The number of amides is 1. The number of imidazole rings is 1. The van der Waals surface area contributed by atoms with E-state index in [4.69, 9.17) is 5.73 Å². The van der Waals surface area contributed by atoms with Crippen LogP contribution in [0.3, 0.4) is 0 Å². The molecule has 21 heavy (non-hydrogen) atoms. The molecule has 0 aliphatic carbocycles. The van der Waals surface area contributed by atoms with Crippen LogP contribution < -0.4 is 11.1 Å². The van der Waals surface area contributed by atoms with Crippen molar-refractivity contribution in [2.24, 2.45) is 5.73 Å². The van der Waals surface area contributed by atoms with Crippen LogP contribution in [-0.2, 0) is 24.3 Å². The number of nitrogens with zero attached hydrogens (tertiary/aromatic N) is 2. The lowest BCUT2D eigenvalue weighted by Gasteiger charge is -2.18. The van der Waals surface area contributed by atoms with Crippen molar-refractivity contribution in [3.8, 4) is 0 Å². The van der Waals surface area contributed by atoms with E-state index in [1.54, 1.807) is 20.0 Å². The van der Waals surface area contributed by atoms with Gasteiger partial charge in [0.1, 0.15) is 5.82 Å². The van der Waals surface area contributed by atoms with Crippen LogP contribution >= 0.6 is 0 Å². The lowest BCUT2D eigenvalue weighted by atomic mass is 10.1. The molecule has 5 nitrogen and oxygen atoms in total. The number of rotatable bonds is 6. The van der Waals surface area contributed by atoms with Gasteiger partial charge in [-0.2, -0.15) is 0 Å². The fraction of sp³-hybridized carbons (Fsp3) is 0.375. The molecule has 2 aromatic rings. The van der Waals surface area contributed by atoms with Gasteiger partial charge in [0, 0.05) is 18.9 Å². The fourth-order valence-corrected chi connectivity index (χ4v) is 1.99. The summed E-state index contributed by atoms with van der Waals surface area (Å²) < 4.78 is 2.05. The molecule has 1 heterocycles. The summed E-state index contributed by atoms with van der Waals surface area (Å²) in [6.07, 6.45) is 4.61. The van der Waals surface area contributed by atoms with Crippen molar-refractivity contribution in [3.63, 3.8) is 0 Å². The molecule has 1 aromatic carbocycles. The molecule has 0 fully saturated rings. The third-order valence-corrected chi connectivity index (χ3v) is 3.28. The van der Waals surface area contributed by atoms with E-state index in [-0.39, 0.29) is 5.91 Å². The van der Waals surface area contributed by atoms with Crippen LogP contribution in [0.2, 0.25) is 0 Å². The van der Waals surface area contributed by atoms with Crippen LogP contribution in [0.25, 0.3) is 0 Å². The molecule has 0 unspecified atom stereocenters. The SMILES string of the molecule is CC(C)(N)C(=O)NCc1nccn1CCc1ccccc1. The number of nitrogens with one attached hydrogen (secondary N) is 1. The summed E-state index contributed by atoms with van der Waals surface area (Å²) in [6, 6.07) is 10.3. The predicted molar refractivity (Wildman–Crippen MR) is 82.5 cm³/mol. The Bertz CT molecular complexity index is 584. The molecule has 1 aromatic heterocycles. The molecule has 112 valence electrons. The molecule has 0 radical (unpaired) electrons. The summed E-state index contributed by atoms with van der Waals surface area (Å²) in [7, 11) is 0. The maximum Gasteiger partial charge on any atom is 0.239 e. The Kier molecular flexibility index (Phi) is 4.75. The van der Waals surface area contributed by atoms with Gasteiger partial charge in [-0.15, -0.1) is 0 Å². The Morgan fingerprint density at radius 2 is 2.05 bits per heavy atom. The maximum atomic E-state index is 11.8. The van der Waals surface area contributed by atoms with Gasteiger partial charge in [0.15, 0.2) is 0 Å². The molecule has 3 N–H and O–H groups in total. The zero-order chi connectivity index (χ0) is 15.3. The quantitative estimate of drug-likeness (QED) is 0.845. The average Bonchev–Trinajstić information content (AvgIpc) is 2.90. The normalized spacial score (nSPS) is 11.4. The highest BCUT2D eigenvalue weighted by Crippen LogP contribution is 2.05. The third-order valence-electron chi connectivity index (χ3n) is 3.28. The summed E-state index contributed by atoms with van der Waals surface area (Å²) in [5.74, 6) is 0.656. The summed E-state index contributed by atoms with van der Waals surface area (Å²) in [4.78, 5) is 16.1. The first-order valence-electron chi connectivity index (χ1n) is 7.08. The maximum absolute atomic E-state index is 11.8. The van der Waals surface area contributed by atoms with Gasteiger partial charge in [-0.25, -0.2) is 4.98 Å². The summed E-state index contributed by atoms with van der Waals surface area (Å²) in [6.45, 7) is 4.59. The molecule has 0 saturated heterocycles. The number of carbonyl (C=O) groups is 1. The summed E-state index contributed by atoms with van der Waals surface area (Å²) in [5.41, 5.74) is 6.16. The number of aryl methyl sites for hydroxylation is 2. The zero-order valence-electron chi connectivity index (χ0n) is 12.5. The van der Waals surface area contributed by atoms with Gasteiger partial charge >= 0.3 is 0 Å². The molecular weight excluding hydrogens is 264 g/mol. The smallest absolute Gasteiger partial charge is 0.239 e. The van der Waals surface area contributed by atoms with Crippen molar-refractivity contribution in [2.45, 2.75) is 38.9 Å². The van der Waals surface area contributed by atoms with Crippen LogP contribution in [-0.4, -0.2) is 21.0 Å². The monoisotopic (exact) mass is 286 g/mol. The highest BCUT2D eigenvalue weighted by molar-refractivity contribution is 5.84. The molecule has 0 aliphatic rings. The first-order chi connectivity index (χ1) is 9.97. The molecule has 0 bridgehead atoms. The minimum atomic E-state index is -0.874. The Morgan fingerprint density at radius 3 is 2.71 bits per heavy atom. The number of hydrogen-bond acceptors (Lipinski definition) is 3. The lowest BCUT2D eigenvalue weighted by Crippen LogP contribution is -2.49. The van der Waals surface area contributed by atoms with Gasteiger partial charge in [0.05, 0.1) is 12.1 Å². The van der Waals surface area contributed by atoms with E-state index in [0.717, 1.165) is 18.8 Å². The van der Waals surface area contributed by atoms with Crippen molar-refractivity contribution in [1.82, 2.24) is 14.9 Å². The van der Waals surface area contributed by atoms with Crippen LogP contribution in [0.5, 0.6) is 0 Å². The number of aromatic nitrogens is 2. The van der Waals surface area contributed by atoms with E-state index in [1.165, 1.54) is 5.56 Å². The summed E-state index contributed by atoms with van der Waals surface area (Å²) >= 11 is 0. The van der Waals surface area contributed by atoms with Gasteiger partial charge in [-0.05, 0) is 25.8 Å². The second-order valence-corrected chi connectivity index (χ2v) is 5.68. The minimum absolute atomic E-state index is 0.180. The highest BCUT2D eigenvalue weighted by atomic mass is 16.2. The predicted octanol–water partition coefficient (Wildman–Crippen LogP) is 1.48. The van der Waals surface area contributed by atoms with Gasteiger partial charge in [0.2, 0.25) is 5.91 Å². The second kappa shape index (κ2) is 6.54. The first-order valence-corrected chi connectivity index (χ1v) is 7.08. The number of nitrogens with two attached hydrogens (primary N) is 1. The third kappa shape index (κ3) is 4.43. The Labute approximate surface area is 125 Å². The van der Waals surface area contributed by atoms with E-state index in [9.17, 15) is 4.79 Å². The van der Waals surface area contributed by atoms with Gasteiger partial charge in [-0.1, -0.05) is 30.3 Å². The van der Waals surface area contributed by atoms with Gasteiger partial charge in [0.25, 0.3) is 0 Å². The number of benzene rings is 1. The standard InChI is InChI=1S/C16H22N4O/c1-16(2,17)15(21)19-12-14-18-9-11-20(14)10-8-13-6-4-3-5-7-13/h3-7,9,11H,8,10,12,17H2,1-2H3,(H,19,21).